The highest BCUT2D eigenvalue weighted by Gasteiger charge is 2.46. The third-order valence-corrected chi connectivity index (χ3v) is 2.85. The monoisotopic (exact) mass is 194 g/mol. The standard InChI is InChI=1S/C8H11BN2O3/c1-14-11-5-2-3-6(7(9)12)10(4-5)8(11)13/h5-6H,2-4H2,1H3/t5-,6-/m0/s1. The van der Waals surface area contributed by atoms with Crippen LogP contribution in [0.25, 0.3) is 0 Å². The van der Waals surface area contributed by atoms with E-state index < -0.39 is 11.7 Å². The second-order valence-electron chi connectivity index (χ2n) is 3.59. The molecule has 0 aromatic heterocycles. The minimum Gasteiger partial charge on any atom is -0.312 e. The first kappa shape index (κ1) is 9.52. The lowest BCUT2D eigenvalue weighted by Crippen LogP contribution is -2.45. The third-order valence-electron chi connectivity index (χ3n) is 2.85. The summed E-state index contributed by atoms with van der Waals surface area (Å²) in [6.45, 7) is 0.542. The molecule has 2 bridgehead atoms. The molecule has 0 N–H and O–H groups in total. The summed E-state index contributed by atoms with van der Waals surface area (Å²) in [6.07, 6.45) is 1.40. The Balaban J connectivity index is 2.20. The Hall–Kier alpha value is -1.04. The van der Waals surface area contributed by atoms with Crippen LogP contribution in [0.4, 0.5) is 4.79 Å². The average Bonchev–Trinajstić information content (AvgIpc) is 2.39. The van der Waals surface area contributed by atoms with Crippen LogP contribution in [0.15, 0.2) is 0 Å². The molecule has 2 radical (unpaired) electrons. The Labute approximate surface area is 83.3 Å². The summed E-state index contributed by atoms with van der Waals surface area (Å²) in [5.74, 6) is 0. The van der Waals surface area contributed by atoms with E-state index in [-0.39, 0.29) is 12.1 Å². The molecule has 2 heterocycles. The summed E-state index contributed by atoms with van der Waals surface area (Å²) >= 11 is 0. The Morgan fingerprint density at radius 2 is 2.29 bits per heavy atom. The lowest BCUT2D eigenvalue weighted by atomic mass is 9.88. The largest absolute Gasteiger partial charge is 0.344 e. The molecule has 6 heteroatoms. The lowest BCUT2D eigenvalue weighted by Gasteiger charge is -2.28. The minimum absolute atomic E-state index is 0.0723. The number of hydrogen-bond donors (Lipinski definition) is 0. The summed E-state index contributed by atoms with van der Waals surface area (Å²) in [5.41, 5.74) is -0.435. The molecule has 2 atom stereocenters. The first-order valence-corrected chi connectivity index (χ1v) is 4.58. The second kappa shape index (κ2) is 3.27. The van der Waals surface area contributed by atoms with E-state index in [0.29, 0.717) is 13.0 Å². The van der Waals surface area contributed by atoms with Crippen molar-refractivity contribution < 1.29 is 14.4 Å². The smallest absolute Gasteiger partial charge is 0.312 e. The predicted molar refractivity (Wildman–Crippen MR) is 48.5 cm³/mol. The summed E-state index contributed by atoms with van der Waals surface area (Å²) in [5, 5.41) is 1.32. The van der Waals surface area contributed by atoms with Gasteiger partial charge in [-0.2, -0.15) is 5.06 Å². The van der Waals surface area contributed by atoms with Crippen molar-refractivity contribution in [3.05, 3.63) is 0 Å². The van der Waals surface area contributed by atoms with Crippen molar-refractivity contribution in [3.8, 4) is 0 Å². The van der Waals surface area contributed by atoms with E-state index in [2.05, 4.69) is 0 Å². The fourth-order valence-corrected chi connectivity index (χ4v) is 2.16. The van der Waals surface area contributed by atoms with Crippen LogP contribution in [-0.2, 0) is 9.63 Å². The lowest BCUT2D eigenvalue weighted by molar-refractivity contribution is -0.116. The molecule has 2 rings (SSSR count). The number of piperidine rings is 1. The predicted octanol–water partition coefficient (Wildman–Crippen LogP) is -0.489. The molecule has 14 heavy (non-hydrogen) atoms. The zero-order valence-corrected chi connectivity index (χ0v) is 7.97. The van der Waals surface area contributed by atoms with E-state index in [1.807, 2.05) is 0 Å². The maximum atomic E-state index is 11.7. The molecule has 2 aliphatic heterocycles. The van der Waals surface area contributed by atoms with Crippen LogP contribution < -0.4 is 0 Å². The van der Waals surface area contributed by atoms with Crippen LogP contribution in [0, 0.1) is 0 Å². The molecule has 0 saturated carbocycles. The molecule has 0 spiro atoms. The maximum absolute atomic E-state index is 11.7. The number of fused-ring (bicyclic) bond motifs is 2. The van der Waals surface area contributed by atoms with Gasteiger partial charge in [0.1, 0.15) is 0 Å². The number of urea groups is 1. The topological polar surface area (TPSA) is 49.9 Å². The molecule has 0 aromatic carbocycles. The molecule has 0 unspecified atom stereocenters. The fourth-order valence-electron chi connectivity index (χ4n) is 2.16. The highest BCUT2D eigenvalue weighted by atomic mass is 16.7. The molecule has 2 aliphatic rings. The molecule has 2 amide bonds. The van der Waals surface area contributed by atoms with E-state index in [0.717, 1.165) is 6.42 Å². The molecule has 2 saturated heterocycles. The molecular formula is C8H11BN2O3. The van der Waals surface area contributed by atoms with E-state index in [4.69, 9.17) is 12.7 Å². The van der Waals surface area contributed by atoms with Crippen LogP contribution in [0.3, 0.4) is 0 Å². The SMILES string of the molecule is [B]C(=O)[C@@H]1CC[C@H]2CN1C(=O)N2OC. The van der Waals surface area contributed by atoms with Gasteiger partial charge in [0.25, 0.3) is 0 Å². The molecule has 74 valence electrons. The zero-order valence-electron chi connectivity index (χ0n) is 7.97. The van der Waals surface area contributed by atoms with Crippen LogP contribution in [0.1, 0.15) is 12.8 Å². The van der Waals surface area contributed by atoms with E-state index in [1.54, 1.807) is 0 Å². The minimum atomic E-state index is -0.459. The highest BCUT2D eigenvalue weighted by molar-refractivity contribution is 6.59. The highest BCUT2D eigenvalue weighted by Crippen LogP contribution is 2.29. The fraction of sp³-hybridized carbons (Fsp3) is 0.750. The Kier molecular flexibility index (Phi) is 2.22. The summed E-state index contributed by atoms with van der Waals surface area (Å²) < 4.78 is 0. The number of carbonyl (C=O) groups is 2. The Morgan fingerprint density at radius 3 is 2.86 bits per heavy atom. The summed E-state index contributed by atoms with van der Waals surface area (Å²) in [7, 11) is 6.67. The van der Waals surface area contributed by atoms with Gasteiger partial charge in [-0.05, 0) is 12.8 Å². The molecule has 0 aliphatic carbocycles. The van der Waals surface area contributed by atoms with Gasteiger partial charge in [0.2, 0.25) is 0 Å². The van der Waals surface area contributed by atoms with Crippen molar-refractivity contribution in [1.29, 1.82) is 0 Å². The molecular weight excluding hydrogens is 183 g/mol. The van der Waals surface area contributed by atoms with Crippen molar-refractivity contribution in [2.75, 3.05) is 13.7 Å². The van der Waals surface area contributed by atoms with Gasteiger partial charge < -0.3 is 9.69 Å². The quantitative estimate of drug-likeness (QED) is 0.557. The number of nitrogens with zero attached hydrogens (tertiary/aromatic N) is 2. The van der Waals surface area contributed by atoms with Gasteiger partial charge in [0.05, 0.1) is 24.9 Å². The van der Waals surface area contributed by atoms with Crippen molar-refractivity contribution in [2.45, 2.75) is 24.9 Å². The Morgan fingerprint density at radius 1 is 1.57 bits per heavy atom. The average molecular weight is 194 g/mol. The number of rotatable bonds is 2. The van der Waals surface area contributed by atoms with Gasteiger partial charge >= 0.3 is 6.03 Å². The normalized spacial score (nSPS) is 31.1. The van der Waals surface area contributed by atoms with Gasteiger partial charge in [-0.3, -0.25) is 4.84 Å². The third kappa shape index (κ3) is 1.21. The van der Waals surface area contributed by atoms with E-state index >= 15 is 0 Å². The number of hydrogen-bond acceptors (Lipinski definition) is 3. The first-order valence-electron chi connectivity index (χ1n) is 4.58. The van der Waals surface area contributed by atoms with Crippen molar-refractivity contribution in [1.82, 2.24) is 9.96 Å². The summed E-state index contributed by atoms with van der Waals surface area (Å²) in [4.78, 5) is 29.1. The van der Waals surface area contributed by atoms with Gasteiger partial charge in [0.15, 0.2) is 7.85 Å². The van der Waals surface area contributed by atoms with E-state index in [9.17, 15) is 9.59 Å². The molecule has 5 nitrogen and oxygen atoms in total. The number of amides is 2. The second-order valence-corrected chi connectivity index (χ2v) is 3.59. The molecule has 2 fully saturated rings. The summed E-state index contributed by atoms with van der Waals surface area (Å²) in [6, 6.07) is -0.638. The van der Waals surface area contributed by atoms with Crippen molar-refractivity contribution >= 4 is 19.6 Å². The van der Waals surface area contributed by atoms with Crippen LogP contribution in [0.2, 0.25) is 0 Å². The van der Waals surface area contributed by atoms with Crippen LogP contribution in [-0.4, -0.2) is 55.3 Å². The van der Waals surface area contributed by atoms with Crippen molar-refractivity contribution in [2.24, 2.45) is 0 Å². The van der Waals surface area contributed by atoms with Crippen molar-refractivity contribution in [3.63, 3.8) is 0 Å². The maximum Gasteiger partial charge on any atom is 0.344 e. The van der Waals surface area contributed by atoms with Gasteiger partial charge in [0, 0.05) is 6.54 Å². The van der Waals surface area contributed by atoms with E-state index in [1.165, 1.54) is 17.1 Å². The van der Waals surface area contributed by atoms with Gasteiger partial charge in [-0.1, -0.05) is 0 Å². The number of hydroxylamine groups is 2. The van der Waals surface area contributed by atoms with Crippen LogP contribution >= 0.6 is 0 Å². The van der Waals surface area contributed by atoms with Gasteiger partial charge in [-0.15, -0.1) is 0 Å². The molecule has 0 aromatic rings. The Bertz CT molecular complexity index is 284. The number of carbonyl (C=O) groups excluding carboxylic acids is 2. The first-order chi connectivity index (χ1) is 6.65. The van der Waals surface area contributed by atoms with Crippen LogP contribution in [0.5, 0.6) is 0 Å². The van der Waals surface area contributed by atoms with Gasteiger partial charge in [-0.25, -0.2) is 4.79 Å². The zero-order chi connectivity index (χ0) is 10.3.